The van der Waals surface area contributed by atoms with E-state index in [-0.39, 0.29) is 24.5 Å². The van der Waals surface area contributed by atoms with Crippen LogP contribution in [-0.4, -0.2) is 45.0 Å². The maximum atomic E-state index is 12.0. The van der Waals surface area contributed by atoms with Crippen LogP contribution in [0.4, 0.5) is 0 Å². The lowest BCUT2D eigenvalue weighted by Gasteiger charge is -2.17. The Kier molecular flexibility index (Phi) is 6.83. The molecule has 2 rings (SSSR count). The van der Waals surface area contributed by atoms with E-state index < -0.39 is 0 Å². The van der Waals surface area contributed by atoms with Crippen LogP contribution in [0.25, 0.3) is 0 Å². The summed E-state index contributed by atoms with van der Waals surface area (Å²) in [4.78, 5) is 12.0. The minimum atomic E-state index is -0.251. The van der Waals surface area contributed by atoms with Gasteiger partial charge in [0.05, 0.1) is 25.7 Å². The van der Waals surface area contributed by atoms with E-state index in [0.29, 0.717) is 19.7 Å². The zero-order chi connectivity index (χ0) is 16.7. The van der Waals surface area contributed by atoms with Crippen molar-refractivity contribution in [1.29, 1.82) is 0 Å². The molecule has 0 spiro atoms. The highest BCUT2D eigenvalue weighted by atomic mass is 16.5. The van der Waals surface area contributed by atoms with Gasteiger partial charge in [0.1, 0.15) is 11.9 Å². The molecular weight excluding hydrogens is 296 g/mol. The number of carbonyl (C=O) groups is 1. The van der Waals surface area contributed by atoms with Crippen molar-refractivity contribution in [1.82, 2.24) is 5.32 Å². The summed E-state index contributed by atoms with van der Waals surface area (Å²) in [6.07, 6.45) is 0.984. The molecule has 0 aromatic heterocycles. The lowest BCUT2D eigenvalue weighted by molar-refractivity contribution is -0.123. The van der Waals surface area contributed by atoms with Crippen molar-refractivity contribution < 1.29 is 19.0 Å². The molecule has 1 aromatic carbocycles. The fourth-order valence-electron chi connectivity index (χ4n) is 2.44. The summed E-state index contributed by atoms with van der Waals surface area (Å²) in [5, 5.41) is 2.90. The number of nitrogens with one attached hydrogen (secondary N) is 1. The van der Waals surface area contributed by atoms with Gasteiger partial charge < -0.3 is 25.3 Å². The van der Waals surface area contributed by atoms with Crippen LogP contribution in [0.15, 0.2) is 18.2 Å². The van der Waals surface area contributed by atoms with Crippen LogP contribution in [0.5, 0.6) is 5.75 Å². The van der Waals surface area contributed by atoms with E-state index in [1.165, 1.54) is 0 Å². The van der Waals surface area contributed by atoms with Gasteiger partial charge in [-0.1, -0.05) is 12.1 Å². The summed E-state index contributed by atoms with van der Waals surface area (Å²) in [6.45, 7) is 4.12. The van der Waals surface area contributed by atoms with E-state index in [9.17, 15) is 4.79 Å². The number of ether oxygens (including phenoxy) is 3. The molecular formula is C17H26N2O4. The maximum Gasteiger partial charge on any atom is 0.222 e. The normalized spacial score (nSPS) is 18.7. The van der Waals surface area contributed by atoms with Crippen molar-refractivity contribution in [3.63, 3.8) is 0 Å². The molecule has 1 aliphatic rings. The Bertz CT molecular complexity index is 511. The molecule has 0 aliphatic carbocycles. The predicted molar refractivity (Wildman–Crippen MR) is 87.3 cm³/mol. The summed E-state index contributed by atoms with van der Waals surface area (Å²) in [7, 11) is 1.56. The van der Waals surface area contributed by atoms with Gasteiger partial charge in [-0.15, -0.1) is 0 Å². The Labute approximate surface area is 137 Å². The Hall–Kier alpha value is -1.63. The van der Waals surface area contributed by atoms with Crippen molar-refractivity contribution in [2.45, 2.75) is 38.5 Å². The van der Waals surface area contributed by atoms with E-state index in [1.54, 1.807) is 7.11 Å². The first-order valence-corrected chi connectivity index (χ1v) is 7.96. The number of carbonyl (C=O) groups excluding carboxylic acids is 1. The van der Waals surface area contributed by atoms with Gasteiger partial charge in [0, 0.05) is 32.2 Å². The van der Waals surface area contributed by atoms with Crippen LogP contribution in [-0.2, 0) is 20.8 Å². The van der Waals surface area contributed by atoms with Crippen LogP contribution in [0.1, 0.15) is 24.0 Å². The molecule has 6 heteroatoms. The first-order chi connectivity index (χ1) is 11.1. The number of rotatable bonds is 8. The highest BCUT2D eigenvalue weighted by molar-refractivity contribution is 5.76. The molecule has 6 nitrogen and oxygen atoms in total. The average Bonchev–Trinajstić information content (AvgIpc) is 3.05. The predicted octanol–water partition coefficient (Wildman–Crippen LogP) is 1.14. The molecule has 0 saturated carbocycles. The van der Waals surface area contributed by atoms with Crippen LogP contribution in [0.2, 0.25) is 0 Å². The Morgan fingerprint density at radius 2 is 2.35 bits per heavy atom. The van der Waals surface area contributed by atoms with Gasteiger partial charge in [0.15, 0.2) is 0 Å². The quantitative estimate of drug-likeness (QED) is 0.750. The molecule has 1 fully saturated rings. The Morgan fingerprint density at radius 1 is 1.52 bits per heavy atom. The molecule has 0 bridgehead atoms. The molecule has 128 valence electrons. The van der Waals surface area contributed by atoms with Crippen LogP contribution in [0.3, 0.4) is 0 Å². The third-order valence-electron chi connectivity index (χ3n) is 3.89. The summed E-state index contributed by atoms with van der Waals surface area (Å²) >= 11 is 0. The number of benzene rings is 1. The van der Waals surface area contributed by atoms with E-state index in [1.807, 2.05) is 25.1 Å². The van der Waals surface area contributed by atoms with Gasteiger partial charge in [-0.25, -0.2) is 0 Å². The standard InChI is InChI=1S/C17H26N2O4/c1-12-3-4-13(10-19-17(20)8-15(9-18)21-2)16(7-12)23-14-5-6-22-11-14/h3-4,7,14-15H,5-6,8-11,18H2,1-2H3,(H,19,20). The number of hydrogen-bond acceptors (Lipinski definition) is 5. The fraction of sp³-hybridized carbons (Fsp3) is 0.588. The summed E-state index contributed by atoms with van der Waals surface area (Å²) < 4.78 is 16.5. The number of methoxy groups -OCH3 is 1. The van der Waals surface area contributed by atoms with Crippen LogP contribution >= 0.6 is 0 Å². The van der Waals surface area contributed by atoms with Gasteiger partial charge in [-0.05, 0) is 18.6 Å². The summed E-state index contributed by atoms with van der Waals surface area (Å²) in [5.41, 5.74) is 7.61. The Balaban J connectivity index is 1.94. The average molecular weight is 322 g/mol. The van der Waals surface area contributed by atoms with E-state index in [0.717, 1.165) is 29.9 Å². The topological polar surface area (TPSA) is 82.8 Å². The monoisotopic (exact) mass is 322 g/mol. The van der Waals surface area contributed by atoms with E-state index >= 15 is 0 Å². The number of nitrogens with two attached hydrogens (primary N) is 1. The molecule has 2 atom stereocenters. The molecule has 1 saturated heterocycles. The van der Waals surface area contributed by atoms with Crippen LogP contribution in [0, 0.1) is 6.92 Å². The molecule has 2 unspecified atom stereocenters. The van der Waals surface area contributed by atoms with Crippen molar-refractivity contribution in [2.24, 2.45) is 5.73 Å². The largest absolute Gasteiger partial charge is 0.488 e. The molecule has 1 aromatic rings. The highest BCUT2D eigenvalue weighted by Gasteiger charge is 2.19. The lowest BCUT2D eigenvalue weighted by atomic mass is 10.1. The molecule has 3 N–H and O–H groups in total. The van der Waals surface area contributed by atoms with Crippen LogP contribution < -0.4 is 15.8 Å². The minimum Gasteiger partial charge on any atom is -0.488 e. The maximum absolute atomic E-state index is 12.0. The van der Waals surface area contributed by atoms with Crippen molar-refractivity contribution in [3.8, 4) is 5.75 Å². The van der Waals surface area contributed by atoms with E-state index in [4.69, 9.17) is 19.9 Å². The second kappa shape index (κ2) is 8.86. The van der Waals surface area contributed by atoms with Gasteiger partial charge in [-0.3, -0.25) is 4.79 Å². The highest BCUT2D eigenvalue weighted by Crippen LogP contribution is 2.23. The van der Waals surface area contributed by atoms with Gasteiger partial charge >= 0.3 is 0 Å². The van der Waals surface area contributed by atoms with Gasteiger partial charge in [-0.2, -0.15) is 0 Å². The molecule has 1 heterocycles. The molecule has 1 amide bonds. The van der Waals surface area contributed by atoms with Crippen molar-refractivity contribution >= 4 is 5.91 Å². The second-order valence-corrected chi connectivity index (χ2v) is 5.79. The molecule has 23 heavy (non-hydrogen) atoms. The minimum absolute atomic E-state index is 0.0846. The Morgan fingerprint density at radius 3 is 3.00 bits per heavy atom. The first kappa shape index (κ1) is 17.7. The summed E-state index contributed by atoms with van der Waals surface area (Å²) in [5.74, 6) is 0.723. The summed E-state index contributed by atoms with van der Waals surface area (Å²) in [6, 6.07) is 5.99. The van der Waals surface area contributed by atoms with Crippen molar-refractivity contribution in [3.05, 3.63) is 29.3 Å². The van der Waals surface area contributed by atoms with E-state index in [2.05, 4.69) is 5.32 Å². The zero-order valence-electron chi connectivity index (χ0n) is 13.8. The number of hydrogen-bond donors (Lipinski definition) is 2. The zero-order valence-corrected chi connectivity index (χ0v) is 13.8. The smallest absolute Gasteiger partial charge is 0.222 e. The second-order valence-electron chi connectivity index (χ2n) is 5.79. The third-order valence-corrected chi connectivity index (χ3v) is 3.89. The van der Waals surface area contributed by atoms with Gasteiger partial charge in [0.2, 0.25) is 5.91 Å². The third kappa shape index (κ3) is 5.49. The number of amides is 1. The van der Waals surface area contributed by atoms with Crippen molar-refractivity contribution in [2.75, 3.05) is 26.9 Å². The fourth-order valence-corrected chi connectivity index (χ4v) is 2.44. The first-order valence-electron chi connectivity index (χ1n) is 7.96. The molecule has 0 radical (unpaired) electrons. The lowest BCUT2D eigenvalue weighted by Crippen LogP contribution is -2.32. The molecule has 1 aliphatic heterocycles. The number of aryl methyl sites for hydroxylation is 1. The SMILES string of the molecule is COC(CN)CC(=O)NCc1ccc(C)cc1OC1CCOC1. The van der Waals surface area contributed by atoms with Gasteiger partial charge in [0.25, 0.3) is 0 Å².